The highest BCUT2D eigenvalue weighted by Crippen LogP contribution is 2.36. The number of nitrogens with zero attached hydrogens (tertiary/aromatic N) is 1. The zero-order chi connectivity index (χ0) is 14.7. The summed E-state index contributed by atoms with van der Waals surface area (Å²) in [6.45, 7) is 0.453. The molecule has 2 atom stereocenters. The van der Waals surface area contributed by atoms with Crippen molar-refractivity contribution >= 4 is 17.3 Å². The SMILES string of the molecule is NCC1CCCCC1Oc1cc(F)c(Cl)cc1[N+](=O)[O-]. The summed E-state index contributed by atoms with van der Waals surface area (Å²) in [6.07, 6.45) is 3.52. The van der Waals surface area contributed by atoms with E-state index in [-0.39, 0.29) is 28.5 Å². The summed E-state index contributed by atoms with van der Waals surface area (Å²) in [7, 11) is 0. The lowest BCUT2D eigenvalue weighted by atomic mass is 9.86. The van der Waals surface area contributed by atoms with Crippen molar-refractivity contribution in [3.05, 3.63) is 33.1 Å². The van der Waals surface area contributed by atoms with E-state index in [0.29, 0.717) is 6.54 Å². The Morgan fingerprint density at radius 3 is 2.80 bits per heavy atom. The molecular formula is C13H16ClFN2O3. The number of benzene rings is 1. The number of hydrogen-bond acceptors (Lipinski definition) is 4. The molecule has 1 aliphatic carbocycles. The van der Waals surface area contributed by atoms with Crippen LogP contribution in [-0.4, -0.2) is 17.6 Å². The summed E-state index contributed by atoms with van der Waals surface area (Å²) in [6, 6.07) is 1.95. The van der Waals surface area contributed by atoms with Crippen LogP contribution in [0, 0.1) is 21.8 Å². The highest BCUT2D eigenvalue weighted by molar-refractivity contribution is 6.31. The molecule has 0 radical (unpaired) electrons. The van der Waals surface area contributed by atoms with Crippen molar-refractivity contribution in [2.24, 2.45) is 11.7 Å². The van der Waals surface area contributed by atoms with Crippen LogP contribution >= 0.6 is 11.6 Å². The normalized spacial score (nSPS) is 22.6. The molecule has 0 heterocycles. The van der Waals surface area contributed by atoms with Crippen molar-refractivity contribution in [1.82, 2.24) is 0 Å². The number of halogens is 2. The smallest absolute Gasteiger partial charge is 0.312 e. The van der Waals surface area contributed by atoms with E-state index < -0.39 is 10.7 Å². The van der Waals surface area contributed by atoms with Crippen LogP contribution in [0.2, 0.25) is 5.02 Å². The van der Waals surface area contributed by atoms with Gasteiger partial charge in [-0.1, -0.05) is 18.0 Å². The molecule has 1 aromatic rings. The number of nitro groups is 1. The van der Waals surface area contributed by atoms with E-state index >= 15 is 0 Å². The minimum Gasteiger partial charge on any atom is -0.483 e. The van der Waals surface area contributed by atoms with Crippen LogP contribution in [0.5, 0.6) is 5.75 Å². The summed E-state index contributed by atoms with van der Waals surface area (Å²) < 4.78 is 19.2. The Kier molecular flexibility index (Phi) is 4.77. The van der Waals surface area contributed by atoms with E-state index in [1.54, 1.807) is 0 Å². The molecule has 0 bridgehead atoms. The van der Waals surface area contributed by atoms with Crippen LogP contribution < -0.4 is 10.5 Å². The van der Waals surface area contributed by atoms with E-state index in [2.05, 4.69) is 0 Å². The lowest BCUT2D eigenvalue weighted by molar-refractivity contribution is -0.386. The van der Waals surface area contributed by atoms with Crippen molar-refractivity contribution < 1.29 is 14.1 Å². The van der Waals surface area contributed by atoms with Gasteiger partial charge in [0.25, 0.3) is 0 Å². The first-order valence-electron chi connectivity index (χ1n) is 6.53. The third-order valence-corrected chi connectivity index (χ3v) is 3.91. The maximum absolute atomic E-state index is 13.5. The minimum atomic E-state index is -0.729. The molecule has 0 spiro atoms. The molecule has 5 nitrogen and oxygen atoms in total. The van der Waals surface area contributed by atoms with Crippen LogP contribution in [0.25, 0.3) is 0 Å². The molecule has 2 N–H and O–H groups in total. The van der Waals surface area contributed by atoms with Gasteiger partial charge in [-0.3, -0.25) is 10.1 Å². The monoisotopic (exact) mass is 302 g/mol. The van der Waals surface area contributed by atoms with Gasteiger partial charge in [-0.05, 0) is 25.8 Å². The van der Waals surface area contributed by atoms with E-state index in [4.69, 9.17) is 22.1 Å². The van der Waals surface area contributed by atoms with Crippen LogP contribution in [0.4, 0.5) is 10.1 Å². The van der Waals surface area contributed by atoms with Crippen molar-refractivity contribution in [2.45, 2.75) is 31.8 Å². The largest absolute Gasteiger partial charge is 0.483 e. The first-order chi connectivity index (χ1) is 9.52. The molecule has 0 saturated heterocycles. The molecule has 1 saturated carbocycles. The molecule has 0 amide bonds. The van der Waals surface area contributed by atoms with Crippen molar-refractivity contribution in [1.29, 1.82) is 0 Å². The first kappa shape index (κ1) is 15.0. The number of nitro benzene ring substituents is 1. The Morgan fingerprint density at radius 2 is 2.15 bits per heavy atom. The number of hydrogen-bond donors (Lipinski definition) is 1. The van der Waals surface area contributed by atoms with Crippen LogP contribution in [-0.2, 0) is 0 Å². The molecule has 20 heavy (non-hydrogen) atoms. The molecule has 0 aliphatic heterocycles. The fourth-order valence-corrected chi connectivity index (χ4v) is 2.67. The predicted molar refractivity (Wildman–Crippen MR) is 73.5 cm³/mol. The molecule has 0 aromatic heterocycles. The maximum atomic E-state index is 13.5. The van der Waals surface area contributed by atoms with Gasteiger partial charge in [0.1, 0.15) is 11.9 Å². The van der Waals surface area contributed by atoms with Crippen molar-refractivity contribution in [2.75, 3.05) is 6.54 Å². The molecule has 2 unspecified atom stereocenters. The number of nitrogens with two attached hydrogens (primary N) is 1. The molecular weight excluding hydrogens is 287 g/mol. The molecule has 1 fully saturated rings. The highest BCUT2D eigenvalue weighted by Gasteiger charge is 2.29. The molecule has 1 aromatic carbocycles. The second-order valence-corrected chi connectivity index (χ2v) is 5.33. The zero-order valence-corrected chi connectivity index (χ0v) is 11.6. The first-order valence-corrected chi connectivity index (χ1v) is 6.91. The summed E-state index contributed by atoms with van der Waals surface area (Å²) >= 11 is 5.57. The predicted octanol–water partition coefficient (Wildman–Crippen LogP) is 3.28. The lowest BCUT2D eigenvalue weighted by Crippen LogP contribution is -2.35. The Bertz CT molecular complexity index is 513. The molecule has 2 rings (SSSR count). The van der Waals surface area contributed by atoms with Gasteiger partial charge in [0.15, 0.2) is 5.75 Å². The maximum Gasteiger partial charge on any atom is 0.312 e. The molecule has 110 valence electrons. The van der Waals surface area contributed by atoms with Crippen molar-refractivity contribution in [3.63, 3.8) is 0 Å². The summed E-state index contributed by atoms with van der Waals surface area (Å²) in [5.74, 6) is -0.670. The Balaban J connectivity index is 2.27. The Labute approximate surface area is 121 Å². The summed E-state index contributed by atoms with van der Waals surface area (Å²) in [5.41, 5.74) is 5.37. The van der Waals surface area contributed by atoms with E-state index in [9.17, 15) is 14.5 Å². The fourth-order valence-electron chi connectivity index (χ4n) is 2.52. The van der Waals surface area contributed by atoms with Gasteiger partial charge in [0.05, 0.1) is 9.95 Å². The minimum absolute atomic E-state index is 0.0812. The highest BCUT2D eigenvalue weighted by atomic mass is 35.5. The Morgan fingerprint density at radius 1 is 1.45 bits per heavy atom. The Hall–Kier alpha value is -1.40. The standard InChI is InChI=1S/C13H16ClFN2O3/c14-9-5-11(17(18)19)13(6-10(9)15)20-12-4-2-1-3-8(12)7-16/h5-6,8,12H,1-4,7,16H2. The van der Waals surface area contributed by atoms with E-state index in [1.165, 1.54) is 0 Å². The van der Waals surface area contributed by atoms with Crippen LogP contribution in [0.1, 0.15) is 25.7 Å². The average Bonchev–Trinajstić information content (AvgIpc) is 2.43. The van der Waals surface area contributed by atoms with Gasteiger partial charge in [-0.25, -0.2) is 4.39 Å². The van der Waals surface area contributed by atoms with Gasteiger partial charge in [-0.2, -0.15) is 0 Å². The fraction of sp³-hybridized carbons (Fsp3) is 0.538. The van der Waals surface area contributed by atoms with Gasteiger partial charge < -0.3 is 10.5 Å². The summed E-state index contributed by atoms with van der Waals surface area (Å²) in [4.78, 5) is 10.4. The van der Waals surface area contributed by atoms with Crippen LogP contribution in [0.15, 0.2) is 12.1 Å². The average molecular weight is 303 g/mol. The van der Waals surface area contributed by atoms with Crippen LogP contribution in [0.3, 0.4) is 0 Å². The van der Waals surface area contributed by atoms with E-state index in [1.807, 2.05) is 0 Å². The second-order valence-electron chi connectivity index (χ2n) is 4.93. The third-order valence-electron chi connectivity index (χ3n) is 3.62. The van der Waals surface area contributed by atoms with E-state index in [0.717, 1.165) is 37.8 Å². The van der Waals surface area contributed by atoms with Gasteiger partial charge >= 0.3 is 5.69 Å². The zero-order valence-electron chi connectivity index (χ0n) is 10.9. The summed E-state index contributed by atoms with van der Waals surface area (Å²) in [5, 5.41) is 10.7. The van der Waals surface area contributed by atoms with Gasteiger partial charge in [0, 0.05) is 18.1 Å². The second kappa shape index (κ2) is 6.37. The number of ether oxygens (including phenoxy) is 1. The van der Waals surface area contributed by atoms with Gasteiger partial charge in [0.2, 0.25) is 0 Å². The third kappa shape index (κ3) is 3.19. The lowest BCUT2D eigenvalue weighted by Gasteiger charge is -2.30. The molecule has 1 aliphatic rings. The topological polar surface area (TPSA) is 78.4 Å². The van der Waals surface area contributed by atoms with Crippen molar-refractivity contribution in [3.8, 4) is 5.75 Å². The molecule has 7 heteroatoms. The quantitative estimate of drug-likeness (QED) is 0.684. The van der Waals surface area contributed by atoms with Gasteiger partial charge in [-0.15, -0.1) is 0 Å². The number of rotatable bonds is 4.